The van der Waals surface area contributed by atoms with Gasteiger partial charge in [-0.3, -0.25) is 0 Å². The molecule has 0 aromatic heterocycles. The molecule has 18 heavy (non-hydrogen) atoms. The molecule has 1 aromatic rings. The van der Waals surface area contributed by atoms with Gasteiger partial charge in [-0.2, -0.15) is 0 Å². The third kappa shape index (κ3) is 3.75. The summed E-state index contributed by atoms with van der Waals surface area (Å²) < 4.78 is 13.7. The summed E-state index contributed by atoms with van der Waals surface area (Å²) in [6, 6.07) is 4.03. The molecule has 0 bridgehead atoms. The zero-order chi connectivity index (χ0) is 13.5. The number of nitrogens with one attached hydrogen (secondary N) is 1. The summed E-state index contributed by atoms with van der Waals surface area (Å²) in [5.74, 6) is 4.84. The van der Waals surface area contributed by atoms with Crippen LogP contribution >= 0.6 is 0 Å². The van der Waals surface area contributed by atoms with Crippen molar-refractivity contribution in [1.29, 1.82) is 0 Å². The number of benzene rings is 1. The summed E-state index contributed by atoms with van der Waals surface area (Å²) in [7, 11) is 1.63. The molecule has 3 N–H and O–H groups in total. The SMILES string of the molecule is CCN(C)C(=O)Nc1ccc(C#CCN)cc1F. The summed E-state index contributed by atoms with van der Waals surface area (Å²) in [5.41, 5.74) is 5.89. The third-order valence-electron chi connectivity index (χ3n) is 2.37. The highest BCUT2D eigenvalue weighted by Gasteiger charge is 2.09. The zero-order valence-corrected chi connectivity index (χ0v) is 10.5. The minimum atomic E-state index is -0.517. The molecule has 0 saturated carbocycles. The first-order valence-corrected chi connectivity index (χ1v) is 5.59. The molecular weight excluding hydrogens is 233 g/mol. The molecule has 0 aliphatic carbocycles. The van der Waals surface area contributed by atoms with Gasteiger partial charge in [-0.1, -0.05) is 11.8 Å². The number of nitrogens with zero attached hydrogens (tertiary/aromatic N) is 1. The predicted molar refractivity (Wildman–Crippen MR) is 69.7 cm³/mol. The Balaban J connectivity index is 2.83. The standard InChI is InChI=1S/C13H16FN3O/c1-3-17(2)13(18)16-12-7-6-10(5-4-8-15)9-11(12)14/h6-7,9H,3,8,15H2,1-2H3,(H,16,18). The van der Waals surface area contributed by atoms with Crippen LogP contribution in [-0.4, -0.2) is 31.1 Å². The van der Waals surface area contributed by atoms with E-state index in [1.807, 2.05) is 6.92 Å². The highest BCUT2D eigenvalue weighted by molar-refractivity contribution is 5.89. The quantitative estimate of drug-likeness (QED) is 0.782. The highest BCUT2D eigenvalue weighted by atomic mass is 19.1. The van der Waals surface area contributed by atoms with Crippen LogP contribution in [0.1, 0.15) is 12.5 Å². The molecule has 0 aliphatic rings. The smallest absolute Gasteiger partial charge is 0.321 e. The lowest BCUT2D eigenvalue weighted by Crippen LogP contribution is -2.31. The predicted octanol–water partition coefficient (Wildman–Crippen LogP) is 1.62. The van der Waals surface area contributed by atoms with Crippen molar-refractivity contribution in [2.45, 2.75) is 6.92 Å². The molecule has 2 amide bonds. The van der Waals surface area contributed by atoms with E-state index in [-0.39, 0.29) is 18.3 Å². The molecular formula is C13H16FN3O. The molecule has 0 atom stereocenters. The summed E-state index contributed by atoms with van der Waals surface area (Å²) in [6.45, 7) is 2.61. The summed E-state index contributed by atoms with van der Waals surface area (Å²) in [5, 5.41) is 2.48. The average molecular weight is 249 g/mol. The van der Waals surface area contributed by atoms with Gasteiger partial charge in [0.1, 0.15) is 5.82 Å². The maximum absolute atomic E-state index is 13.7. The molecule has 0 unspecified atom stereocenters. The van der Waals surface area contributed by atoms with Crippen LogP contribution in [0.15, 0.2) is 18.2 Å². The fourth-order valence-corrected chi connectivity index (χ4v) is 1.20. The largest absolute Gasteiger partial charge is 0.328 e. The summed E-state index contributed by atoms with van der Waals surface area (Å²) in [6.07, 6.45) is 0. The Bertz CT molecular complexity index is 491. The molecule has 0 aliphatic heterocycles. The highest BCUT2D eigenvalue weighted by Crippen LogP contribution is 2.15. The van der Waals surface area contributed by atoms with Crippen LogP contribution in [0.2, 0.25) is 0 Å². The molecule has 4 nitrogen and oxygen atoms in total. The number of carbonyl (C=O) groups excluding carboxylic acids is 1. The molecule has 5 heteroatoms. The van der Waals surface area contributed by atoms with Gasteiger partial charge >= 0.3 is 6.03 Å². The minimum absolute atomic E-state index is 0.138. The van der Waals surface area contributed by atoms with Crippen molar-refractivity contribution >= 4 is 11.7 Å². The van der Waals surface area contributed by atoms with Gasteiger partial charge in [0.2, 0.25) is 0 Å². The van der Waals surface area contributed by atoms with Crippen LogP contribution in [0.25, 0.3) is 0 Å². The van der Waals surface area contributed by atoms with Crippen LogP contribution in [0.5, 0.6) is 0 Å². The van der Waals surface area contributed by atoms with E-state index in [4.69, 9.17) is 5.73 Å². The number of hydrogen-bond acceptors (Lipinski definition) is 2. The van der Waals surface area contributed by atoms with Crippen molar-refractivity contribution in [3.05, 3.63) is 29.6 Å². The molecule has 0 fully saturated rings. The second-order valence-corrected chi connectivity index (χ2v) is 3.64. The number of amides is 2. The topological polar surface area (TPSA) is 58.4 Å². The van der Waals surface area contributed by atoms with E-state index in [2.05, 4.69) is 17.2 Å². The number of nitrogens with two attached hydrogens (primary N) is 1. The Kier molecular flexibility index (Phi) is 5.15. The maximum Gasteiger partial charge on any atom is 0.321 e. The molecule has 1 aromatic carbocycles. The first-order valence-electron chi connectivity index (χ1n) is 5.59. The molecule has 1 rings (SSSR count). The van der Waals surface area contributed by atoms with Crippen LogP contribution in [-0.2, 0) is 0 Å². The second-order valence-electron chi connectivity index (χ2n) is 3.64. The first-order chi connectivity index (χ1) is 8.58. The van der Waals surface area contributed by atoms with E-state index < -0.39 is 5.82 Å². The van der Waals surface area contributed by atoms with E-state index in [1.54, 1.807) is 13.1 Å². The van der Waals surface area contributed by atoms with E-state index >= 15 is 0 Å². The molecule has 0 spiro atoms. The lowest BCUT2D eigenvalue weighted by molar-refractivity contribution is 0.224. The van der Waals surface area contributed by atoms with E-state index in [0.29, 0.717) is 12.1 Å². The van der Waals surface area contributed by atoms with Gasteiger partial charge in [-0.25, -0.2) is 9.18 Å². The Hall–Kier alpha value is -2.06. The van der Waals surface area contributed by atoms with Crippen molar-refractivity contribution in [2.24, 2.45) is 5.73 Å². The van der Waals surface area contributed by atoms with Crippen LogP contribution in [0, 0.1) is 17.7 Å². The van der Waals surface area contributed by atoms with Gasteiger partial charge in [0.25, 0.3) is 0 Å². The minimum Gasteiger partial charge on any atom is -0.328 e. The Morgan fingerprint density at radius 3 is 2.83 bits per heavy atom. The number of urea groups is 1. The van der Waals surface area contributed by atoms with Crippen molar-refractivity contribution < 1.29 is 9.18 Å². The van der Waals surface area contributed by atoms with Crippen LogP contribution < -0.4 is 11.1 Å². The van der Waals surface area contributed by atoms with E-state index in [9.17, 15) is 9.18 Å². The Morgan fingerprint density at radius 2 is 2.28 bits per heavy atom. The molecule has 0 saturated heterocycles. The van der Waals surface area contributed by atoms with Crippen molar-refractivity contribution in [3.8, 4) is 11.8 Å². The van der Waals surface area contributed by atoms with Gasteiger partial charge < -0.3 is 16.0 Å². The van der Waals surface area contributed by atoms with Gasteiger partial charge in [-0.15, -0.1) is 0 Å². The summed E-state index contributed by atoms with van der Waals surface area (Å²) in [4.78, 5) is 13.0. The fraction of sp³-hybridized carbons (Fsp3) is 0.308. The number of hydrogen-bond donors (Lipinski definition) is 2. The molecule has 96 valence electrons. The van der Waals surface area contributed by atoms with Gasteiger partial charge in [0.05, 0.1) is 12.2 Å². The number of anilines is 1. The average Bonchev–Trinajstić information content (AvgIpc) is 2.38. The normalized spacial score (nSPS) is 9.33. The first kappa shape index (κ1) is 14.0. The van der Waals surface area contributed by atoms with E-state index in [1.165, 1.54) is 17.0 Å². The van der Waals surface area contributed by atoms with Crippen LogP contribution in [0.3, 0.4) is 0 Å². The lowest BCUT2D eigenvalue weighted by atomic mass is 10.2. The lowest BCUT2D eigenvalue weighted by Gasteiger charge is -2.15. The van der Waals surface area contributed by atoms with Gasteiger partial charge in [0.15, 0.2) is 0 Å². The Morgan fingerprint density at radius 1 is 1.56 bits per heavy atom. The second kappa shape index (κ2) is 6.62. The molecule has 0 heterocycles. The van der Waals surface area contributed by atoms with Crippen molar-refractivity contribution in [3.63, 3.8) is 0 Å². The third-order valence-corrected chi connectivity index (χ3v) is 2.37. The number of rotatable bonds is 2. The Labute approximate surface area is 106 Å². The summed E-state index contributed by atoms with van der Waals surface area (Å²) >= 11 is 0. The van der Waals surface area contributed by atoms with Crippen molar-refractivity contribution in [2.75, 3.05) is 25.5 Å². The zero-order valence-electron chi connectivity index (χ0n) is 10.5. The fourth-order valence-electron chi connectivity index (χ4n) is 1.20. The van der Waals surface area contributed by atoms with Gasteiger partial charge in [-0.05, 0) is 25.1 Å². The van der Waals surface area contributed by atoms with Crippen LogP contribution in [0.4, 0.5) is 14.9 Å². The van der Waals surface area contributed by atoms with E-state index in [0.717, 1.165) is 0 Å². The molecule has 0 radical (unpaired) electrons. The van der Waals surface area contributed by atoms with Crippen molar-refractivity contribution in [1.82, 2.24) is 4.90 Å². The number of carbonyl (C=O) groups is 1. The number of halogens is 1. The monoisotopic (exact) mass is 249 g/mol. The maximum atomic E-state index is 13.7. The van der Waals surface area contributed by atoms with Gasteiger partial charge in [0, 0.05) is 19.2 Å².